The largest absolute Gasteiger partial charge is 0.385 e. The Hall–Kier alpha value is -2.44. The molecule has 2 heterocycles. The molecule has 2 amide bonds. The molecular formula is C21H25N3O3. The Kier molecular flexibility index (Phi) is 5.09. The van der Waals surface area contributed by atoms with E-state index in [0.717, 1.165) is 54.4 Å². The molecule has 2 aliphatic rings. The quantitative estimate of drug-likeness (QED) is 0.770. The number of carbonyl (C=O) groups is 2. The summed E-state index contributed by atoms with van der Waals surface area (Å²) in [5.41, 5.74) is 2.38. The van der Waals surface area contributed by atoms with E-state index in [1.807, 2.05) is 35.2 Å². The topological polar surface area (TPSA) is 70.7 Å². The van der Waals surface area contributed by atoms with Crippen LogP contribution < -0.4 is 15.5 Å². The highest BCUT2D eigenvalue weighted by Crippen LogP contribution is 2.40. The van der Waals surface area contributed by atoms with Gasteiger partial charge in [0, 0.05) is 42.3 Å². The van der Waals surface area contributed by atoms with Gasteiger partial charge in [-0.25, -0.2) is 0 Å². The summed E-state index contributed by atoms with van der Waals surface area (Å²) < 4.78 is 5.12. The standard InChI is InChI=1S/C21H25N3O3/c1-27-13-5-12-24-18-10-9-16(23-20(25)17-8-2-3-11-22-17)14-6-4-7-15(19(14)18)21(24)26/h4,6-7,9-10,17,22H,2-3,5,8,11-13H2,1H3,(H,23,25). The van der Waals surface area contributed by atoms with E-state index in [2.05, 4.69) is 10.6 Å². The van der Waals surface area contributed by atoms with Crippen LogP contribution >= 0.6 is 0 Å². The summed E-state index contributed by atoms with van der Waals surface area (Å²) >= 11 is 0. The summed E-state index contributed by atoms with van der Waals surface area (Å²) in [6.45, 7) is 2.12. The van der Waals surface area contributed by atoms with Gasteiger partial charge in [-0.05, 0) is 44.0 Å². The molecule has 1 atom stereocenters. The minimum absolute atomic E-state index is 0.00308. The lowest BCUT2D eigenvalue weighted by molar-refractivity contribution is -0.118. The van der Waals surface area contributed by atoms with E-state index >= 15 is 0 Å². The average molecular weight is 367 g/mol. The van der Waals surface area contributed by atoms with E-state index in [4.69, 9.17) is 4.74 Å². The smallest absolute Gasteiger partial charge is 0.258 e. The fourth-order valence-electron chi connectivity index (χ4n) is 4.04. The SMILES string of the molecule is COCCCN1C(=O)c2cccc3c(NC(=O)C4CCCCN4)ccc1c23. The first-order chi connectivity index (χ1) is 13.2. The molecule has 6 nitrogen and oxygen atoms in total. The Morgan fingerprint density at radius 2 is 2.19 bits per heavy atom. The first kappa shape index (κ1) is 17.9. The molecule has 142 valence electrons. The van der Waals surface area contributed by atoms with Crippen LogP contribution in [0, 0.1) is 0 Å². The number of amides is 2. The lowest BCUT2D eigenvalue weighted by Crippen LogP contribution is -2.43. The number of carbonyl (C=O) groups excluding carboxylic acids is 2. The highest BCUT2D eigenvalue weighted by molar-refractivity contribution is 6.27. The van der Waals surface area contributed by atoms with E-state index in [0.29, 0.717) is 18.7 Å². The maximum atomic E-state index is 12.8. The molecule has 0 bridgehead atoms. The number of piperidine rings is 1. The minimum Gasteiger partial charge on any atom is -0.385 e. The number of hydrogen-bond donors (Lipinski definition) is 2. The van der Waals surface area contributed by atoms with E-state index in [9.17, 15) is 9.59 Å². The Labute approximate surface area is 158 Å². The van der Waals surface area contributed by atoms with Crippen LogP contribution in [0.5, 0.6) is 0 Å². The maximum absolute atomic E-state index is 12.8. The number of nitrogens with one attached hydrogen (secondary N) is 2. The first-order valence-corrected chi connectivity index (χ1v) is 9.61. The molecule has 4 rings (SSSR count). The number of rotatable bonds is 6. The Morgan fingerprint density at radius 3 is 2.96 bits per heavy atom. The second-order valence-electron chi connectivity index (χ2n) is 7.16. The Bertz CT molecular complexity index is 874. The molecule has 2 aromatic carbocycles. The molecule has 1 unspecified atom stereocenters. The van der Waals surface area contributed by atoms with Gasteiger partial charge in [0.25, 0.3) is 5.91 Å². The van der Waals surface area contributed by atoms with E-state index in [1.165, 1.54) is 0 Å². The summed E-state index contributed by atoms with van der Waals surface area (Å²) in [5, 5.41) is 8.19. The zero-order valence-corrected chi connectivity index (χ0v) is 15.6. The van der Waals surface area contributed by atoms with Crippen LogP contribution in [0.3, 0.4) is 0 Å². The summed E-state index contributed by atoms with van der Waals surface area (Å²) in [6.07, 6.45) is 3.83. The number of anilines is 2. The number of ether oxygens (including phenoxy) is 1. The lowest BCUT2D eigenvalue weighted by Gasteiger charge is -2.23. The van der Waals surface area contributed by atoms with E-state index in [-0.39, 0.29) is 17.9 Å². The van der Waals surface area contributed by atoms with E-state index in [1.54, 1.807) is 7.11 Å². The third-order valence-corrected chi connectivity index (χ3v) is 5.40. The second kappa shape index (κ2) is 7.66. The molecule has 2 aliphatic heterocycles. The molecule has 2 aromatic rings. The molecule has 0 radical (unpaired) electrons. The van der Waals surface area contributed by atoms with Crippen LogP contribution in [0.25, 0.3) is 10.8 Å². The van der Waals surface area contributed by atoms with Crippen LogP contribution in [0.2, 0.25) is 0 Å². The van der Waals surface area contributed by atoms with Gasteiger partial charge in [0.15, 0.2) is 0 Å². The monoisotopic (exact) mass is 367 g/mol. The van der Waals surface area contributed by atoms with Crippen molar-refractivity contribution in [3.05, 3.63) is 35.9 Å². The summed E-state index contributed by atoms with van der Waals surface area (Å²) in [7, 11) is 1.66. The average Bonchev–Trinajstić information content (AvgIpc) is 2.98. The third kappa shape index (κ3) is 3.31. The molecule has 0 saturated carbocycles. The van der Waals surface area contributed by atoms with Crippen molar-refractivity contribution in [2.45, 2.75) is 31.7 Å². The number of hydrogen-bond acceptors (Lipinski definition) is 4. The second-order valence-corrected chi connectivity index (χ2v) is 7.16. The van der Waals surface area contributed by atoms with Crippen molar-refractivity contribution in [3.63, 3.8) is 0 Å². The van der Waals surface area contributed by atoms with Gasteiger partial charge in [-0.15, -0.1) is 0 Å². The van der Waals surface area contributed by atoms with Crippen LogP contribution in [0.1, 0.15) is 36.0 Å². The van der Waals surface area contributed by atoms with Crippen molar-refractivity contribution in [2.24, 2.45) is 0 Å². The van der Waals surface area contributed by atoms with Gasteiger partial charge in [0.1, 0.15) is 0 Å². The highest BCUT2D eigenvalue weighted by Gasteiger charge is 2.30. The van der Waals surface area contributed by atoms with E-state index < -0.39 is 0 Å². The third-order valence-electron chi connectivity index (χ3n) is 5.40. The van der Waals surface area contributed by atoms with Gasteiger partial charge in [-0.3, -0.25) is 9.59 Å². The maximum Gasteiger partial charge on any atom is 0.258 e. The van der Waals surface area contributed by atoms with Crippen molar-refractivity contribution in [1.82, 2.24) is 5.32 Å². The normalized spacial score (nSPS) is 18.9. The predicted molar refractivity (Wildman–Crippen MR) is 106 cm³/mol. The molecule has 1 saturated heterocycles. The number of benzene rings is 2. The highest BCUT2D eigenvalue weighted by atomic mass is 16.5. The number of methoxy groups -OCH3 is 1. The fraction of sp³-hybridized carbons (Fsp3) is 0.429. The molecule has 0 aliphatic carbocycles. The van der Waals surface area contributed by atoms with Gasteiger partial charge in [-0.1, -0.05) is 18.6 Å². The summed E-state index contributed by atoms with van der Waals surface area (Å²) in [6, 6.07) is 9.41. The summed E-state index contributed by atoms with van der Waals surface area (Å²) in [5.74, 6) is 0.0146. The van der Waals surface area contributed by atoms with Gasteiger partial charge in [0.2, 0.25) is 5.91 Å². The van der Waals surface area contributed by atoms with Crippen LogP contribution in [-0.2, 0) is 9.53 Å². The molecule has 2 N–H and O–H groups in total. The first-order valence-electron chi connectivity index (χ1n) is 9.61. The predicted octanol–water partition coefficient (Wildman–Crippen LogP) is 2.92. The molecule has 1 fully saturated rings. The van der Waals surface area contributed by atoms with Crippen LogP contribution in [0.15, 0.2) is 30.3 Å². The summed E-state index contributed by atoms with van der Waals surface area (Å²) in [4.78, 5) is 27.3. The molecular weight excluding hydrogens is 342 g/mol. The zero-order chi connectivity index (χ0) is 18.8. The van der Waals surface area contributed by atoms with Crippen LogP contribution in [-0.4, -0.2) is 44.7 Å². The molecule has 6 heteroatoms. The van der Waals surface area contributed by atoms with Crippen LogP contribution in [0.4, 0.5) is 11.4 Å². The molecule has 0 aromatic heterocycles. The van der Waals surface area contributed by atoms with Crippen molar-refractivity contribution < 1.29 is 14.3 Å². The van der Waals surface area contributed by atoms with Crippen molar-refractivity contribution >= 4 is 34.0 Å². The van der Waals surface area contributed by atoms with Gasteiger partial charge >= 0.3 is 0 Å². The van der Waals surface area contributed by atoms with Gasteiger partial charge in [0.05, 0.1) is 11.7 Å². The number of nitrogens with zero attached hydrogens (tertiary/aromatic N) is 1. The Balaban J connectivity index is 1.64. The Morgan fingerprint density at radius 1 is 1.30 bits per heavy atom. The lowest BCUT2D eigenvalue weighted by atomic mass is 10.0. The molecule has 27 heavy (non-hydrogen) atoms. The van der Waals surface area contributed by atoms with Gasteiger partial charge < -0.3 is 20.3 Å². The molecule has 0 spiro atoms. The van der Waals surface area contributed by atoms with Crippen molar-refractivity contribution in [2.75, 3.05) is 37.0 Å². The van der Waals surface area contributed by atoms with Gasteiger partial charge in [-0.2, -0.15) is 0 Å². The fourth-order valence-corrected chi connectivity index (χ4v) is 4.04. The minimum atomic E-state index is -0.144. The van der Waals surface area contributed by atoms with Crippen molar-refractivity contribution in [3.8, 4) is 0 Å². The zero-order valence-electron chi connectivity index (χ0n) is 15.6. The van der Waals surface area contributed by atoms with Crippen molar-refractivity contribution in [1.29, 1.82) is 0 Å².